The summed E-state index contributed by atoms with van der Waals surface area (Å²) in [5.74, 6) is -1.54. The molecule has 9 nitrogen and oxygen atoms in total. The third kappa shape index (κ3) is 6.83. The molecule has 1 saturated heterocycles. The summed E-state index contributed by atoms with van der Waals surface area (Å²) in [6, 6.07) is 5.23. The smallest absolute Gasteiger partial charge is 0.404 e. The van der Waals surface area contributed by atoms with Crippen molar-refractivity contribution in [3.63, 3.8) is 0 Å². The first-order chi connectivity index (χ1) is 17.2. The molecule has 0 unspecified atom stereocenters. The molecular formula is C23H22F3N5O4S. The van der Waals surface area contributed by atoms with Gasteiger partial charge in [-0.25, -0.2) is 0 Å². The molecule has 1 aliphatic rings. The number of carbonyl (C=O) groups excluding carboxylic acids is 2. The van der Waals surface area contributed by atoms with Gasteiger partial charge < -0.3 is 14.8 Å². The first-order valence-electron chi connectivity index (χ1n) is 10.9. The van der Waals surface area contributed by atoms with E-state index < -0.39 is 23.8 Å². The summed E-state index contributed by atoms with van der Waals surface area (Å²) >= 11 is 1.23. The highest BCUT2D eigenvalue weighted by molar-refractivity contribution is 7.14. The molecule has 36 heavy (non-hydrogen) atoms. The zero-order valence-electron chi connectivity index (χ0n) is 19.2. The number of ketones is 1. The van der Waals surface area contributed by atoms with Crippen molar-refractivity contribution in [2.24, 2.45) is 0 Å². The summed E-state index contributed by atoms with van der Waals surface area (Å²) in [6.45, 7) is 3.86. The number of amides is 1. The number of pyridine rings is 1. The molecule has 13 heteroatoms. The van der Waals surface area contributed by atoms with E-state index in [0.29, 0.717) is 36.3 Å². The molecule has 190 valence electrons. The lowest BCUT2D eigenvalue weighted by Gasteiger charge is -2.26. The Balaban J connectivity index is 1.50. The Kier molecular flexibility index (Phi) is 7.91. The number of morpholine rings is 1. The highest BCUT2D eigenvalue weighted by Crippen LogP contribution is 2.32. The SMILES string of the molecule is Cc1ccncc1-c1nnc(CC(=O)c2ccc(OC(F)(F)F)c(NC(=O)CN3CCOCC3)c2)s1. The minimum atomic E-state index is -4.97. The summed E-state index contributed by atoms with van der Waals surface area (Å²) in [7, 11) is 0. The van der Waals surface area contributed by atoms with Crippen LogP contribution >= 0.6 is 11.3 Å². The summed E-state index contributed by atoms with van der Waals surface area (Å²) in [5.41, 5.74) is 1.60. The van der Waals surface area contributed by atoms with Gasteiger partial charge in [0.2, 0.25) is 5.91 Å². The Labute approximate surface area is 208 Å². The summed E-state index contributed by atoms with van der Waals surface area (Å²) in [6.07, 6.45) is -1.76. The van der Waals surface area contributed by atoms with Crippen LogP contribution in [0.15, 0.2) is 36.7 Å². The van der Waals surface area contributed by atoms with Gasteiger partial charge in [-0.2, -0.15) is 0 Å². The van der Waals surface area contributed by atoms with Gasteiger partial charge in [0.25, 0.3) is 0 Å². The topological polar surface area (TPSA) is 107 Å². The van der Waals surface area contributed by atoms with E-state index in [1.165, 1.54) is 23.5 Å². The van der Waals surface area contributed by atoms with Crippen molar-refractivity contribution in [2.45, 2.75) is 19.7 Å². The van der Waals surface area contributed by atoms with Crippen LogP contribution in [0.1, 0.15) is 20.9 Å². The zero-order valence-corrected chi connectivity index (χ0v) is 20.0. The number of ether oxygens (including phenoxy) is 2. The number of hydrogen-bond acceptors (Lipinski definition) is 9. The third-order valence-corrected chi connectivity index (χ3v) is 6.28. The van der Waals surface area contributed by atoms with E-state index in [0.717, 1.165) is 17.2 Å². The number of aromatic nitrogens is 3. The summed E-state index contributed by atoms with van der Waals surface area (Å²) < 4.78 is 48.0. The highest BCUT2D eigenvalue weighted by Gasteiger charge is 2.32. The summed E-state index contributed by atoms with van der Waals surface area (Å²) in [4.78, 5) is 31.3. The fraction of sp³-hybridized carbons (Fsp3) is 0.348. The predicted octanol–water partition coefficient (Wildman–Crippen LogP) is 3.50. The fourth-order valence-corrected chi connectivity index (χ4v) is 4.44. The molecule has 0 bridgehead atoms. The first-order valence-corrected chi connectivity index (χ1v) is 11.8. The van der Waals surface area contributed by atoms with Crippen LogP contribution in [0.2, 0.25) is 0 Å². The lowest BCUT2D eigenvalue weighted by Crippen LogP contribution is -2.41. The van der Waals surface area contributed by atoms with Crippen molar-refractivity contribution in [1.82, 2.24) is 20.1 Å². The number of Topliss-reactive ketones (excluding diaryl/α,β-unsaturated/α-hetero) is 1. The number of halogens is 3. The quantitative estimate of drug-likeness (QED) is 0.449. The molecule has 0 atom stereocenters. The molecular weight excluding hydrogens is 499 g/mol. The van der Waals surface area contributed by atoms with Gasteiger partial charge in [0, 0.05) is 36.6 Å². The van der Waals surface area contributed by atoms with Gasteiger partial charge in [0.05, 0.1) is 31.9 Å². The van der Waals surface area contributed by atoms with Gasteiger partial charge in [0.1, 0.15) is 10.0 Å². The maximum absolute atomic E-state index is 12.9. The van der Waals surface area contributed by atoms with Crippen LogP contribution in [0, 0.1) is 6.92 Å². The maximum atomic E-state index is 12.9. The van der Waals surface area contributed by atoms with Crippen LogP contribution in [-0.2, 0) is 16.0 Å². The van der Waals surface area contributed by atoms with Crippen LogP contribution in [0.25, 0.3) is 10.6 Å². The number of carbonyl (C=O) groups is 2. The van der Waals surface area contributed by atoms with Crippen LogP contribution in [0.4, 0.5) is 18.9 Å². The second-order valence-corrected chi connectivity index (χ2v) is 9.05. The Morgan fingerprint density at radius 2 is 1.97 bits per heavy atom. The lowest BCUT2D eigenvalue weighted by molar-refractivity contribution is -0.274. The van der Waals surface area contributed by atoms with Gasteiger partial charge in [-0.05, 0) is 36.8 Å². The Bertz CT molecular complexity index is 1240. The number of anilines is 1. The monoisotopic (exact) mass is 521 g/mol. The van der Waals surface area contributed by atoms with E-state index >= 15 is 0 Å². The van der Waals surface area contributed by atoms with Crippen molar-refractivity contribution in [1.29, 1.82) is 0 Å². The predicted molar refractivity (Wildman–Crippen MR) is 125 cm³/mol. The number of aryl methyl sites for hydroxylation is 1. The highest BCUT2D eigenvalue weighted by atomic mass is 32.1. The van der Waals surface area contributed by atoms with Crippen molar-refractivity contribution in [3.05, 3.63) is 52.8 Å². The van der Waals surface area contributed by atoms with Gasteiger partial charge in [-0.3, -0.25) is 19.5 Å². The lowest BCUT2D eigenvalue weighted by atomic mass is 10.1. The molecule has 2 aromatic heterocycles. The number of rotatable bonds is 8. The second kappa shape index (κ2) is 11.1. The molecule has 1 N–H and O–H groups in total. The molecule has 3 heterocycles. The van der Waals surface area contributed by atoms with Crippen molar-refractivity contribution >= 4 is 28.7 Å². The number of nitrogens with one attached hydrogen (secondary N) is 1. The van der Waals surface area contributed by atoms with Crippen LogP contribution in [0.3, 0.4) is 0 Å². The summed E-state index contributed by atoms with van der Waals surface area (Å²) in [5, 5.41) is 11.7. The largest absolute Gasteiger partial charge is 0.573 e. The Morgan fingerprint density at radius 3 is 2.69 bits per heavy atom. The molecule has 0 spiro atoms. The minimum absolute atomic E-state index is 0.0334. The molecule has 3 aromatic rings. The maximum Gasteiger partial charge on any atom is 0.573 e. The van der Waals surface area contributed by atoms with Crippen molar-refractivity contribution in [2.75, 3.05) is 38.2 Å². The van der Waals surface area contributed by atoms with Gasteiger partial charge in [-0.1, -0.05) is 11.3 Å². The molecule has 0 saturated carbocycles. The third-order valence-electron chi connectivity index (χ3n) is 5.32. The van der Waals surface area contributed by atoms with Gasteiger partial charge in [0.15, 0.2) is 11.5 Å². The van der Waals surface area contributed by atoms with E-state index in [1.807, 2.05) is 17.9 Å². The molecule has 0 aliphatic carbocycles. The van der Waals surface area contributed by atoms with E-state index in [1.54, 1.807) is 12.4 Å². The molecule has 1 aliphatic heterocycles. The van der Waals surface area contributed by atoms with E-state index in [-0.39, 0.29) is 24.2 Å². The molecule has 4 rings (SSSR count). The fourth-order valence-electron chi connectivity index (χ4n) is 3.53. The number of nitrogens with zero attached hydrogens (tertiary/aromatic N) is 4. The standard InChI is InChI=1S/C23H22F3N5O4S/c1-14-4-5-27-12-16(14)22-30-29-21(36-22)11-18(32)15-2-3-19(35-23(24,25)26)17(10-15)28-20(33)13-31-6-8-34-9-7-31/h2-5,10,12H,6-9,11,13H2,1H3,(H,28,33). The minimum Gasteiger partial charge on any atom is -0.404 e. The van der Waals surface area contributed by atoms with Crippen LogP contribution in [-0.4, -0.2) is 71.0 Å². The number of alkyl halides is 3. The van der Waals surface area contributed by atoms with Crippen molar-refractivity contribution in [3.8, 4) is 16.3 Å². The normalized spacial score (nSPS) is 14.4. The Hall–Kier alpha value is -3.42. The number of hydrogen-bond donors (Lipinski definition) is 1. The Morgan fingerprint density at radius 1 is 1.19 bits per heavy atom. The molecule has 1 aromatic carbocycles. The van der Waals surface area contributed by atoms with Gasteiger partial charge in [-0.15, -0.1) is 23.4 Å². The average molecular weight is 522 g/mol. The zero-order chi connectivity index (χ0) is 25.7. The van der Waals surface area contributed by atoms with Crippen LogP contribution in [0.5, 0.6) is 5.75 Å². The van der Waals surface area contributed by atoms with Gasteiger partial charge >= 0.3 is 6.36 Å². The van der Waals surface area contributed by atoms with Crippen molar-refractivity contribution < 1.29 is 32.2 Å². The van der Waals surface area contributed by atoms with E-state index in [2.05, 4.69) is 25.2 Å². The average Bonchev–Trinajstić information content (AvgIpc) is 3.28. The van der Waals surface area contributed by atoms with E-state index in [4.69, 9.17) is 4.74 Å². The second-order valence-electron chi connectivity index (χ2n) is 7.99. The number of benzene rings is 1. The first kappa shape index (κ1) is 25.7. The molecule has 0 radical (unpaired) electrons. The molecule has 1 amide bonds. The van der Waals surface area contributed by atoms with Crippen LogP contribution < -0.4 is 10.1 Å². The van der Waals surface area contributed by atoms with E-state index in [9.17, 15) is 22.8 Å². The molecule has 1 fully saturated rings.